The number of ether oxygens (including phenoxy) is 2. The molecule has 0 saturated heterocycles. The lowest BCUT2D eigenvalue weighted by atomic mass is 10.1. The summed E-state index contributed by atoms with van der Waals surface area (Å²) >= 11 is 0. The summed E-state index contributed by atoms with van der Waals surface area (Å²) in [4.78, 5) is 22.6. The minimum Gasteiger partial charge on any atom is -0.457 e. The van der Waals surface area contributed by atoms with Crippen molar-refractivity contribution in [3.63, 3.8) is 0 Å². The first-order chi connectivity index (χ1) is 29.3. The van der Waals surface area contributed by atoms with Gasteiger partial charge in [0.1, 0.15) is 12.2 Å². The lowest BCUT2D eigenvalue weighted by Crippen LogP contribution is -2.29. The average Bonchev–Trinajstić information content (AvgIpc) is 3.24. The largest absolute Gasteiger partial charge is 0.472 e. The number of phosphoric ester groups is 1. The van der Waals surface area contributed by atoms with E-state index in [1.54, 1.807) is 0 Å². The number of carbonyl (C=O) groups is 1. The fourth-order valence-corrected chi connectivity index (χ4v) is 6.57. The van der Waals surface area contributed by atoms with E-state index in [1.165, 1.54) is 64.2 Å². The number of allylic oxidation sites excluding steroid dienone is 15. The van der Waals surface area contributed by atoms with Gasteiger partial charge >= 0.3 is 13.8 Å². The number of hydrogen-bond donors (Lipinski definition) is 3. The molecule has 9 nitrogen and oxygen atoms in total. The molecular formula is C50H85O9P. The van der Waals surface area contributed by atoms with Crippen molar-refractivity contribution in [1.82, 2.24) is 0 Å². The number of aliphatic hydroxyl groups is 2. The molecule has 3 atom stereocenters. The van der Waals surface area contributed by atoms with Gasteiger partial charge in [0, 0.05) is 6.42 Å². The molecule has 3 unspecified atom stereocenters. The molecule has 3 N–H and O–H groups in total. The number of aliphatic hydroxyl groups excluding tert-OH is 2. The molecule has 0 aliphatic rings. The van der Waals surface area contributed by atoms with Crippen molar-refractivity contribution in [3.05, 3.63) is 97.2 Å². The number of rotatable bonds is 43. The van der Waals surface area contributed by atoms with Crippen molar-refractivity contribution >= 4 is 13.8 Å². The highest BCUT2D eigenvalue weighted by atomic mass is 31.2. The molecule has 0 heterocycles. The van der Waals surface area contributed by atoms with Crippen molar-refractivity contribution < 1.29 is 43.0 Å². The minimum atomic E-state index is -4.55. The van der Waals surface area contributed by atoms with Crippen LogP contribution in [0.15, 0.2) is 97.2 Å². The molecule has 0 fully saturated rings. The maximum absolute atomic E-state index is 12.6. The van der Waals surface area contributed by atoms with E-state index in [-0.39, 0.29) is 13.0 Å². The van der Waals surface area contributed by atoms with Crippen molar-refractivity contribution in [2.24, 2.45) is 0 Å². The van der Waals surface area contributed by atoms with Crippen LogP contribution in [-0.4, -0.2) is 66.3 Å². The van der Waals surface area contributed by atoms with Gasteiger partial charge < -0.3 is 24.6 Å². The number of esters is 1. The Hall–Kier alpha value is -2.62. The lowest BCUT2D eigenvalue weighted by molar-refractivity contribution is -0.154. The summed E-state index contributed by atoms with van der Waals surface area (Å²) in [6.07, 6.45) is 58.2. The Bertz CT molecular complexity index is 1250. The van der Waals surface area contributed by atoms with Gasteiger partial charge in [0.2, 0.25) is 0 Å². The van der Waals surface area contributed by atoms with Gasteiger partial charge in [-0.3, -0.25) is 13.8 Å². The van der Waals surface area contributed by atoms with Gasteiger partial charge in [0.15, 0.2) is 0 Å². The molecule has 0 saturated carbocycles. The molecule has 344 valence electrons. The van der Waals surface area contributed by atoms with E-state index in [2.05, 4.69) is 105 Å². The third-order valence-electron chi connectivity index (χ3n) is 9.27. The summed E-state index contributed by atoms with van der Waals surface area (Å²) in [7, 11) is -4.55. The van der Waals surface area contributed by atoms with Crippen LogP contribution < -0.4 is 0 Å². The third-order valence-corrected chi connectivity index (χ3v) is 10.2. The molecule has 0 spiro atoms. The second-order valence-electron chi connectivity index (χ2n) is 15.0. The summed E-state index contributed by atoms with van der Waals surface area (Å²) in [5.41, 5.74) is 0. The highest BCUT2D eigenvalue weighted by Crippen LogP contribution is 2.43. The third kappa shape index (κ3) is 44.9. The van der Waals surface area contributed by atoms with Crippen LogP contribution in [0, 0.1) is 0 Å². The molecule has 0 bridgehead atoms. The van der Waals surface area contributed by atoms with E-state index in [0.717, 1.165) is 70.6 Å². The molecule has 0 radical (unpaired) electrons. The Kier molecular flexibility index (Phi) is 43.9. The van der Waals surface area contributed by atoms with Gasteiger partial charge in [-0.05, 0) is 83.5 Å². The van der Waals surface area contributed by atoms with E-state index in [4.69, 9.17) is 23.6 Å². The normalized spacial score (nSPS) is 14.8. The van der Waals surface area contributed by atoms with Crippen LogP contribution in [-0.2, 0) is 27.9 Å². The fraction of sp³-hybridized carbons (Fsp3) is 0.660. The first-order valence-electron chi connectivity index (χ1n) is 23.2. The fourth-order valence-electron chi connectivity index (χ4n) is 5.78. The SMILES string of the molecule is CC/C=C\C/C=C\C/C=C\C/C=C\C/C=C\CCOCC(COP(=O)(O)OCC(O)CO)OC(=O)CCCCCCCCCC/C=C\C/C=C\C/C=C\CCCCCCC. The summed E-state index contributed by atoms with van der Waals surface area (Å²) in [5.74, 6) is -0.418. The van der Waals surface area contributed by atoms with Gasteiger partial charge in [0.25, 0.3) is 0 Å². The van der Waals surface area contributed by atoms with Gasteiger partial charge in [-0.25, -0.2) is 4.57 Å². The summed E-state index contributed by atoms with van der Waals surface area (Å²) < 4.78 is 33.3. The van der Waals surface area contributed by atoms with Crippen molar-refractivity contribution in [1.29, 1.82) is 0 Å². The quantitative estimate of drug-likeness (QED) is 0.0237. The van der Waals surface area contributed by atoms with Crippen LogP contribution in [0.25, 0.3) is 0 Å². The molecule has 60 heavy (non-hydrogen) atoms. The van der Waals surface area contributed by atoms with Crippen LogP contribution in [0.4, 0.5) is 0 Å². The van der Waals surface area contributed by atoms with Crippen molar-refractivity contribution in [2.75, 3.05) is 33.0 Å². The predicted molar refractivity (Wildman–Crippen MR) is 251 cm³/mol. The van der Waals surface area contributed by atoms with E-state index >= 15 is 0 Å². The standard InChI is InChI=1S/C50H85O9P/c1-3-5-7-9-11-13-15-17-19-21-22-23-24-25-26-27-28-30-32-34-36-38-40-42-50(53)59-49(47-58-60(54,55)57-45-48(52)44-51)46-56-43-41-39-37-35-33-31-29-20-18-16-14-12-10-8-6-4-2/h6,8,12,14-15,17-18,20-22,24-25,31,33,37,39,48-49,51-52H,3-5,7,9-11,13,16,19,23,26-30,32,34-36,38,40-47H2,1-2H3,(H,54,55)/b8-6-,14-12-,17-15-,20-18-,22-21-,25-24-,33-31-,39-37-. The monoisotopic (exact) mass is 861 g/mol. The van der Waals surface area contributed by atoms with E-state index in [9.17, 15) is 19.4 Å². The molecule has 10 heteroatoms. The van der Waals surface area contributed by atoms with Crippen molar-refractivity contribution in [2.45, 2.75) is 180 Å². The number of carbonyl (C=O) groups excluding carboxylic acids is 1. The minimum absolute atomic E-state index is 0.0141. The van der Waals surface area contributed by atoms with Crippen LogP contribution in [0.1, 0.15) is 168 Å². The van der Waals surface area contributed by atoms with Gasteiger partial charge in [0.05, 0.1) is 33.0 Å². The maximum atomic E-state index is 12.6. The molecule has 0 rings (SSSR count). The highest BCUT2D eigenvalue weighted by Gasteiger charge is 2.26. The van der Waals surface area contributed by atoms with Crippen LogP contribution in [0.5, 0.6) is 0 Å². The second-order valence-corrected chi connectivity index (χ2v) is 16.5. The molecule has 0 aliphatic carbocycles. The number of hydrogen-bond acceptors (Lipinski definition) is 8. The number of phosphoric acid groups is 1. The molecule has 0 aromatic rings. The first-order valence-corrected chi connectivity index (χ1v) is 24.7. The molecular weight excluding hydrogens is 776 g/mol. The Morgan fingerprint density at radius 1 is 0.533 bits per heavy atom. The Morgan fingerprint density at radius 3 is 1.43 bits per heavy atom. The summed E-state index contributed by atoms with van der Waals surface area (Å²) in [6, 6.07) is 0. The first kappa shape index (κ1) is 57.4. The second kappa shape index (κ2) is 45.9. The summed E-state index contributed by atoms with van der Waals surface area (Å²) in [5, 5.41) is 18.4. The van der Waals surface area contributed by atoms with E-state index < -0.39 is 45.8 Å². The van der Waals surface area contributed by atoms with Crippen LogP contribution in [0.2, 0.25) is 0 Å². The molecule has 0 aromatic heterocycles. The number of unbranched alkanes of at least 4 members (excludes halogenated alkanes) is 13. The predicted octanol–water partition coefficient (Wildman–Crippen LogP) is 13.3. The highest BCUT2D eigenvalue weighted by molar-refractivity contribution is 7.47. The average molecular weight is 861 g/mol. The molecule has 0 amide bonds. The van der Waals surface area contributed by atoms with Crippen molar-refractivity contribution in [3.8, 4) is 0 Å². The molecule has 0 aliphatic heterocycles. The summed E-state index contributed by atoms with van der Waals surface area (Å²) in [6.45, 7) is 3.13. The van der Waals surface area contributed by atoms with Gasteiger partial charge in [-0.2, -0.15) is 0 Å². The zero-order valence-corrected chi connectivity index (χ0v) is 38.5. The van der Waals surface area contributed by atoms with Crippen LogP contribution >= 0.6 is 7.82 Å². The topological polar surface area (TPSA) is 132 Å². The zero-order chi connectivity index (χ0) is 43.9. The Labute approximate surface area is 366 Å². The van der Waals surface area contributed by atoms with E-state index in [1.807, 2.05) is 6.08 Å². The lowest BCUT2D eigenvalue weighted by Gasteiger charge is -2.20. The Balaban J connectivity index is 4.25. The maximum Gasteiger partial charge on any atom is 0.472 e. The smallest absolute Gasteiger partial charge is 0.457 e. The van der Waals surface area contributed by atoms with Crippen LogP contribution in [0.3, 0.4) is 0 Å². The Morgan fingerprint density at radius 2 is 0.950 bits per heavy atom. The van der Waals surface area contributed by atoms with Gasteiger partial charge in [-0.1, -0.05) is 175 Å². The zero-order valence-electron chi connectivity index (χ0n) is 37.6. The van der Waals surface area contributed by atoms with E-state index in [0.29, 0.717) is 19.4 Å². The molecule has 0 aromatic carbocycles. The van der Waals surface area contributed by atoms with Gasteiger partial charge in [-0.15, -0.1) is 0 Å².